The lowest BCUT2D eigenvalue weighted by atomic mass is 10.2. The molecule has 1 rings (SSSR count). The van der Waals surface area contributed by atoms with Crippen LogP contribution in [0.5, 0.6) is 0 Å². The van der Waals surface area contributed by atoms with Gasteiger partial charge in [-0.15, -0.1) is 0 Å². The lowest BCUT2D eigenvalue weighted by Crippen LogP contribution is -2.09. The van der Waals surface area contributed by atoms with Gasteiger partial charge in [-0.2, -0.15) is 0 Å². The summed E-state index contributed by atoms with van der Waals surface area (Å²) < 4.78 is 18.5. The number of benzene rings is 1. The van der Waals surface area contributed by atoms with Gasteiger partial charge in [-0.3, -0.25) is 0 Å². The van der Waals surface area contributed by atoms with Gasteiger partial charge in [0.05, 0.1) is 17.9 Å². The summed E-state index contributed by atoms with van der Waals surface area (Å²) in [7, 11) is 0. The minimum Gasteiger partial charge on any atom is -0.462 e. The van der Waals surface area contributed by atoms with E-state index in [4.69, 9.17) is 5.73 Å². The maximum Gasteiger partial charge on any atom is 0.341 e. The Bertz CT molecular complexity index is 368. The second-order valence-electron chi connectivity index (χ2n) is 2.58. The zero-order valence-electron chi connectivity index (χ0n) is 7.51. The number of rotatable bonds is 2. The molecule has 0 aliphatic heterocycles. The maximum atomic E-state index is 13.3. The number of nitrogens with two attached hydrogens (primary N) is 1. The van der Waals surface area contributed by atoms with Gasteiger partial charge < -0.3 is 10.5 Å². The molecule has 1 aromatic carbocycles. The van der Waals surface area contributed by atoms with Gasteiger partial charge >= 0.3 is 5.97 Å². The number of carbonyl (C=O) groups excluding carboxylic acids is 1. The Morgan fingerprint density at radius 3 is 2.86 bits per heavy atom. The van der Waals surface area contributed by atoms with Crippen LogP contribution in [-0.4, -0.2) is 12.6 Å². The molecule has 0 radical (unpaired) electrons. The lowest BCUT2D eigenvalue weighted by molar-refractivity contribution is 0.0521. The maximum absolute atomic E-state index is 13.3. The largest absolute Gasteiger partial charge is 0.462 e. The molecule has 0 saturated heterocycles. The summed E-state index contributed by atoms with van der Waals surface area (Å²) in [4.78, 5) is 11.2. The van der Waals surface area contributed by atoms with Crippen molar-refractivity contribution in [1.82, 2.24) is 0 Å². The van der Waals surface area contributed by atoms with Crippen LogP contribution in [0.3, 0.4) is 0 Å². The van der Waals surface area contributed by atoms with Gasteiger partial charge in [0.1, 0.15) is 0 Å². The minimum absolute atomic E-state index is 0.0811. The Balaban J connectivity index is 3.13. The van der Waals surface area contributed by atoms with Crippen molar-refractivity contribution in [3.63, 3.8) is 0 Å². The first-order valence-electron chi connectivity index (χ1n) is 3.98. The van der Waals surface area contributed by atoms with Crippen LogP contribution in [0.15, 0.2) is 16.6 Å². The molecule has 0 spiro atoms. The van der Waals surface area contributed by atoms with Crippen molar-refractivity contribution >= 4 is 27.6 Å². The number of halogens is 2. The molecule has 14 heavy (non-hydrogen) atoms. The van der Waals surface area contributed by atoms with Crippen LogP contribution in [0.25, 0.3) is 0 Å². The highest BCUT2D eigenvalue weighted by molar-refractivity contribution is 9.10. The highest BCUT2D eigenvalue weighted by atomic mass is 79.9. The molecule has 76 valence electrons. The average molecular weight is 262 g/mol. The van der Waals surface area contributed by atoms with Crippen LogP contribution >= 0.6 is 15.9 Å². The van der Waals surface area contributed by atoms with Gasteiger partial charge in [0.15, 0.2) is 5.82 Å². The zero-order valence-corrected chi connectivity index (χ0v) is 9.10. The molecule has 0 atom stereocenters. The predicted molar refractivity (Wildman–Crippen MR) is 54.5 cm³/mol. The van der Waals surface area contributed by atoms with Gasteiger partial charge in [0.2, 0.25) is 0 Å². The fourth-order valence-corrected chi connectivity index (χ4v) is 1.44. The molecule has 0 unspecified atom stereocenters. The van der Waals surface area contributed by atoms with Crippen molar-refractivity contribution in [3.05, 3.63) is 28.0 Å². The second-order valence-corrected chi connectivity index (χ2v) is 3.49. The molecular weight excluding hydrogens is 253 g/mol. The molecule has 5 heteroatoms. The Kier molecular flexibility index (Phi) is 3.46. The van der Waals surface area contributed by atoms with Crippen molar-refractivity contribution in [1.29, 1.82) is 0 Å². The van der Waals surface area contributed by atoms with E-state index < -0.39 is 11.8 Å². The topological polar surface area (TPSA) is 52.3 Å². The van der Waals surface area contributed by atoms with E-state index in [1.54, 1.807) is 6.92 Å². The monoisotopic (exact) mass is 261 g/mol. The van der Waals surface area contributed by atoms with Crippen LogP contribution in [0.1, 0.15) is 17.3 Å². The smallest absolute Gasteiger partial charge is 0.341 e. The first-order chi connectivity index (χ1) is 6.56. The van der Waals surface area contributed by atoms with Crippen LogP contribution in [0.4, 0.5) is 10.1 Å². The molecule has 2 N–H and O–H groups in total. The molecule has 0 saturated carbocycles. The summed E-state index contributed by atoms with van der Waals surface area (Å²) in [6.07, 6.45) is 0. The molecule has 0 aliphatic carbocycles. The molecule has 0 bridgehead atoms. The van der Waals surface area contributed by atoms with E-state index in [0.717, 1.165) is 0 Å². The zero-order chi connectivity index (χ0) is 10.7. The summed E-state index contributed by atoms with van der Waals surface area (Å²) >= 11 is 3.11. The first-order valence-corrected chi connectivity index (χ1v) is 4.77. The fourth-order valence-electron chi connectivity index (χ4n) is 0.968. The van der Waals surface area contributed by atoms with Crippen molar-refractivity contribution < 1.29 is 13.9 Å². The Morgan fingerprint density at radius 2 is 2.29 bits per heavy atom. The number of carbonyl (C=O) groups is 1. The summed E-state index contributed by atoms with van der Waals surface area (Å²) in [6.45, 7) is 1.85. The number of anilines is 1. The summed E-state index contributed by atoms with van der Waals surface area (Å²) in [5, 5.41) is 0. The summed E-state index contributed by atoms with van der Waals surface area (Å²) in [6, 6.07) is 2.72. The number of ether oxygens (including phenoxy) is 1. The van der Waals surface area contributed by atoms with E-state index in [1.807, 2.05) is 0 Å². The Labute approximate surface area is 89.2 Å². The van der Waals surface area contributed by atoms with Gasteiger partial charge in [-0.25, -0.2) is 9.18 Å². The third-order valence-corrected chi connectivity index (χ3v) is 2.02. The third kappa shape index (κ3) is 2.23. The molecule has 0 heterocycles. The van der Waals surface area contributed by atoms with E-state index >= 15 is 0 Å². The molecule has 1 aromatic rings. The molecule has 0 amide bonds. The fraction of sp³-hybridized carbons (Fsp3) is 0.222. The van der Waals surface area contributed by atoms with Crippen molar-refractivity contribution in [2.75, 3.05) is 12.3 Å². The predicted octanol–water partition coefficient (Wildman–Crippen LogP) is 2.35. The van der Waals surface area contributed by atoms with E-state index in [0.29, 0.717) is 4.47 Å². The molecular formula is C9H9BrFNO2. The average Bonchev–Trinajstić information content (AvgIpc) is 2.11. The lowest BCUT2D eigenvalue weighted by Gasteiger charge is -2.05. The number of esters is 1. The van der Waals surface area contributed by atoms with Crippen molar-refractivity contribution in [3.8, 4) is 0 Å². The number of hydrogen-bond donors (Lipinski definition) is 1. The van der Waals surface area contributed by atoms with Crippen molar-refractivity contribution in [2.24, 2.45) is 0 Å². The van der Waals surface area contributed by atoms with Gasteiger partial charge in [-0.1, -0.05) is 15.9 Å². The highest BCUT2D eigenvalue weighted by Crippen LogP contribution is 2.22. The molecule has 0 aromatic heterocycles. The van der Waals surface area contributed by atoms with Crippen molar-refractivity contribution in [2.45, 2.75) is 6.92 Å². The third-order valence-electron chi connectivity index (χ3n) is 1.56. The van der Waals surface area contributed by atoms with Gasteiger partial charge in [0.25, 0.3) is 0 Å². The normalized spacial score (nSPS) is 9.93. The van der Waals surface area contributed by atoms with Gasteiger partial charge in [-0.05, 0) is 19.1 Å². The SMILES string of the molecule is CCOC(=O)c1cc(Br)cc(N)c1F. The second kappa shape index (κ2) is 4.41. The molecule has 0 fully saturated rings. The van der Waals surface area contributed by atoms with E-state index in [2.05, 4.69) is 20.7 Å². The summed E-state index contributed by atoms with van der Waals surface area (Å²) in [5.74, 6) is -1.45. The summed E-state index contributed by atoms with van der Waals surface area (Å²) in [5.41, 5.74) is 5.11. The minimum atomic E-state index is -0.744. The van der Waals surface area contributed by atoms with Crippen LogP contribution in [0, 0.1) is 5.82 Å². The Morgan fingerprint density at radius 1 is 1.64 bits per heavy atom. The van der Waals surface area contributed by atoms with Gasteiger partial charge in [0, 0.05) is 4.47 Å². The quantitative estimate of drug-likeness (QED) is 0.657. The van der Waals surface area contributed by atoms with E-state index in [9.17, 15) is 9.18 Å². The van der Waals surface area contributed by atoms with Crippen LogP contribution in [0.2, 0.25) is 0 Å². The van der Waals surface area contributed by atoms with E-state index in [1.165, 1.54) is 12.1 Å². The van der Waals surface area contributed by atoms with E-state index in [-0.39, 0.29) is 17.9 Å². The highest BCUT2D eigenvalue weighted by Gasteiger charge is 2.15. The standard InChI is InChI=1S/C9H9BrFNO2/c1-2-14-9(13)6-3-5(10)4-7(12)8(6)11/h3-4H,2,12H2,1H3. The number of hydrogen-bond acceptors (Lipinski definition) is 3. The molecule has 3 nitrogen and oxygen atoms in total. The Hall–Kier alpha value is -1.10. The van der Waals surface area contributed by atoms with Crippen LogP contribution in [-0.2, 0) is 4.74 Å². The van der Waals surface area contributed by atoms with Crippen LogP contribution < -0.4 is 5.73 Å². The number of nitrogen functional groups attached to an aromatic ring is 1. The first kappa shape index (κ1) is 11.0. The molecule has 0 aliphatic rings.